The summed E-state index contributed by atoms with van der Waals surface area (Å²) in [5.74, 6) is -0.793. The number of hydrogen-bond donors (Lipinski definition) is 2. The number of carboxylic acid groups (broad SMARTS) is 1. The fourth-order valence-corrected chi connectivity index (χ4v) is 3.76. The van der Waals surface area contributed by atoms with Crippen LogP contribution >= 0.6 is 0 Å². The summed E-state index contributed by atoms with van der Waals surface area (Å²) in [5, 5.41) is 12.1. The number of amides is 2. The van der Waals surface area contributed by atoms with Crippen molar-refractivity contribution in [3.63, 3.8) is 0 Å². The van der Waals surface area contributed by atoms with E-state index in [4.69, 9.17) is 5.11 Å². The molecule has 0 bridgehead atoms. The average Bonchev–Trinajstić information content (AvgIpc) is 3.45. The molecule has 2 saturated carbocycles. The van der Waals surface area contributed by atoms with Crippen molar-refractivity contribution >= 4 is 12.0 Å². The van der Waals surface area contributed by atoms with Gasteiger partial charge in [-0.3, -0.25) is 9.69 Å². The number of rotatable bonds is 9. The minimum Gasteiger partial charge on any atom is -0.480 e. The van der Waals surface area contributed by atoms with Gasteiger partial charge in [0.15, 0.2) is 0 Å². The lowest BCUT2D eigenvalue weighted by atomic mass is 9.85. The van der Waals surface area contributed by atoms with Gasteiger partial charge in [0.05, 0.1) is 6.54 Å². The van der Waals surface area contributed by atoms with E-state index in [-0.39, 0.29) is 24.7 Å². The third-order valence-corrected chi connectivity index (χ3v) is 5.73. The third kappa shape index (κ3) is 5.22. The Morgan fingerprint density at radius 2 is 1.70 bits per heavy atom. The third-order valence-electron chi connectivity index (χ3n) is 5.73. The summed E-state index contributed by atoms with van der Waals surface area (Å²) in [4.78, 5) is 27.7. The van der Waals surface area contributed by atoms with Gasteiger partial charge in [0, 0.05) is 24.7 Å². The number of nitrogens with one attached hydrogen (secondary N) is 1. The maximum atomic E-state index is 12.8. The molecule has 2 N–H and O–H groups in total. The molecule has 0 aromatic heterocycles. The number of carbonyl (C=O) groups excluding carboxylic acids is 1. The summed E-state index contributed by atoms with van der Waals surface area (Å²) in [6, 6.07) is 9.28. The van der Waals surface area contributed by atoms with Gasteiger partial charge in [-0.1, -0.05) is 38.1 Å². The molecule has 1 aromatic rings. The van der Waals surface area contributed by atoms with E-state index in [0.29, 0.717) is 12.6 Å². The molecule has 27 heavy (non-hydrogen) atoms. The van der Waals surface area contributed by atoms with Crippen molar-refractivity contribution in [2.24, 2.45) is 0 Å². The SMILES string of the molecule is CCc1ccc(CN(C(=O)NC2CC(N(CC)CC(=O)O)C2)C2CC2)cc1. The highest BCUT2D eigenvalue weighted by molar-refractivity contribution is 5.75. The van der Waals surface area contributed by atoms with Crippen molar-refractivity contribution in [2.45, 2.75) is 70.6 Å². The maximum Gasteiger partial charge on any atom is 0.318 e. The molecule has 2 aliphatic rings. The molecule has 2 aliphatic carbocycles. The minimum absolute atomic E-state index is 0.0156. The van der Waals surface area contributed by atoms with Gasteiger partial charge < -0.3 is 15.3 Å². The summed E-state index contributed by atoms with van der Waals surface area (Å²) in [7, 11) is 0. The molecule has 0 atom stereocenters. The van der Waals surface area contributed by atoms with Crippen molar-refractivity contribution < 1.29 is 14.7 Å². The van der Waals surface area contributed by atoms with Crippen LogP contribution in [0.25, 0.3) is 0 Å². The predicted octanol–water partition coefficient (Wildman–Crippen LogP) is 2.86. The second-order valence-electron chi connectivity index (χ2n) is 7.76. The highest BCUT2D eigenvalue weighted by Crippen LogP contribution is 2.30. The Labute approximate surface area is 161 Å². The lowest BCUT2D eigenvalue weighted by molar-refractivity contribution is -0.139. The molecule has 148 valence electrons. The Kier molecular flexibility index (Phi) is 6.37. The first kappa shape index (κ1) is 19.7. The smallest absolute Gasteiger partial charge is 0.318 e. The number of aliphatic carboxylic acids is 1. The lowest BCUT2D eigenvalue weighted by Gasteiger charge is -2.42. The fraction of sp³-hybridized carbons (Fsp3) is 0.619. The topological polar surface area (TPSA) is 72.9 Å². The van der Waals surface area contributed by atoms with Gasteiger partial charge in [0.2, 0.25) is 0 Å². The van der Waals surface area contributed by atoms with Gasteiger partial charge in [-0.25, -0.2) is 4.79 Å². The molecule has 0 spiro atoms. The molecular formula is C21H31N3O3. The van der Waals surface area contributed by atoms with Gasteiger partial charge in [-0.05, 0) is 49.8 Å². The van der Waals surface area contributed by atoms with E-state index in [9.17, 15) is 9.59 Å². The van der Waals surface area contributed by atoms with E-state index in [0.717, 1.165) is 38.6 Å². The van der Waals surface area contributed by atoms with Crippen molar-refractivity contribution in [1.82, 2.24) is 15.1 Å². The van der Waals surface area contributed by atoms with Crippen LogP contribution in [-0.4, -0.2) is 58.1 Å². The molecule has 0 saturated heterocycles. The minimum atomic E-state index is -0.793. The van der Waals surface area contributed by atoms with Crippen LogP contribution in [0, 0.1) is 0 Å². The highest BCUT2D eigenvalue weighted by atomic mass is 16.4. The number of benzene rings is 1. The lowest BCUT2D eigenvalue weighted by Crippen LogP contribution is -2.57. The number of hydrogen-bond acceptors (Lipinski definition) is 3. The van der Waals surface area contributed by atoms with Gasteiger partial charge >= 0.3 is 12.0 Å². The number of likely N-dealkylation sites (N-methyl/N-ethyl adjacent to an activating group) is 1. The summed E-state index contributed by atoms with van der Waals surface area (Å²) < 4.78 is 0. The van der Waals surface area contributed by atoms with Crippen LogP contribution in [0.15, 0.2) is 24.3 Å². The van der Waals surface area contributed by atoms with E-state index in [1.54, 1.807) is 0 Å². The molecule has 2 amide bonds. The molecule has 6 heteroatoms. The van der Waals surface area contributed by atoms with Crippen molar-refractivity contribution in [2.75, 3.05) is 13.1 Å². The van der Waals surface area contributed by atoms with Crippen LogP contribution in [0.4, 0.5) is 4.79 Å². The second kappa shape index (κ2) is 8.74. The van der Waals surface area contributed by atoms with E-state index in [1.165, 1.54) is 11.1 Å². The standard InChI is InChI=1S/C21H31N3O3/c1-3-15-5-7-16(8-6-15)13-24(18-9-10-18)21(27)22-17-11-19(12-17)23(4-2)14-20(25)26/h5-8,17-19H,3-4,9-14H2,1-2H3,(H,22,27)(H,25,26). The van der Waals surface area contributed by atoms with Crippen LogP contribution in [0.1, 0.15) is 50.7 Å². The molecule has 0 radical (unpaired) electrons. The van der Waals surface area contributed by atoms with Gasteiger partial charge in [0.25, 0.3) is 0 Å². The number of urea groups is 1. The second-order valence-corrected chi connectivity index (χ2v) is 7.76. The average molecular weight is 373 g/mol. The van der Waals surface area contributed by atoms with Gasteiger partial charge in [-0.2, -0.15) is 0 Å². The number of nitrogens with zero attached hydrogens (tertiary/aromatic N) is 2. The highest BCUT2D eigenvalue weighted by Gasteiger charge is 2.38. The Balaban J connectivity index is 1.50. The Hall–Kier alpha value is -2.08. The number of carbonyl (C=O) groups is 2. The molecule has 0 unspecified atom stereocenters. The summed E-state index contributed by atoms with van der Waals surface area (Å²) in [6.07, 6.45) is 4.84. The van der Waals surface area contributed by atoms with E-state index in [2.05, 4.69) is 36.5 Å². The first-order valence-electron chi connectivity index (χ1n) is 10.1. The van der Waals surface area contributed by atoms with E-state index < -0.39 is 5.97 Å². The monoisotopic (exact) mass is 373 g/mol. The van der Waals surface area contributed by atoms with Crippen LogP contribution in [0.5, 0.6) is 0 Å². The molecular weight excluding hydrogens is 342 g/mol. The largest absolute Gasteiger partial charge is 0.480 e. The van der Waals surface area contributed by atoms with Gasteiger partial charge in [0.1, 0.15) is 0 Å². The molecule has 3 rings (SSSR count). The summed E-state index contributed by atoms with van der Waals surface area (Å²) in [6.45, 7) is 5.56. The number of carboxylic acids is 1. The molecule has 0 aliphatic heterocycles. The fourth-order valence-electron chi connectivity index (χ4n) is 3.76. The van der Waals surface area contributed by atoms with Crippen LogP contribution in [0.3, 0.4) is 0 Å². The molecule has 1 aromatic carbocycles. The molecule has 0 heterocycles. The van der Waals surface area contributed by atoms with Crippen LogP contribution < -0.4 is 5.32 Å². The van der Waals surface area contributed by atoms with E-state index >= 15 is 0 Å². The van der Waals surface area contributed by atoms with Crippen molar-refractivity contribution in [3.05, 3.63) is 35.4 Å². The number of aryl methyl sites for hydroxylation is 1. The first-order valence-corrected chi connectivity index (χ1v) is 10.1. The quantitative estimate of drug-likeness (QED) is 0.698. The Morgan fingerprint density at radius 1 is 1.07 bits per heavy atom. The zero-order chi connectivity index (χ0) is 19.4. The Bertz CT molecular complexity index is 651. The van der Waals surface area contributed by atoms with E-state index in [1.807, 2.05) is 16.7 Å². The molecule has 6 nitrogen and oxygen atoms in total. The van der Waals surface area contributed by atoms with Crippen LogP contribution in [-0.2, 0) is 17.8 Å². The maximum absolute atomic E-state index is 12.8. The zero-order valence-electron chi connectivity index (χ0n) is 16.4. The Morgan fingerprint density at radius 3 is 2.22 bits per heavy atom. The first-order chi connectivity index (χ1) is 13.0. The van der Waals surface area contributed by atoms with Crippen molar-refractivity contribution in [3.8, 4) is 0 Å². The molecule has 2 fully saturated rings. The summed E-state index contributed by atoms with van der Waals surface area (Å²) >= 11 is 0. The van der Waals surface area contributed by atoms with Crippen LogP contribution in [0.2, 0.25) is 0 Å². The van der Waals surface area contributed by atoms with Gasteiger partial charge in [-0.15, -0.1) is 0 Å². The normalized spacial score (nSPS) is 21.6. The summed E-state index contributed by atoms with van der Waals surface area (Å²) in [5.41, 5.74) is 2.47. The zero-order valence-corrected chi connectivity index (χ0v) is 16.4. The van der Waals surface area contributed by atoms with Crippen molar-refractivity contribution in [1.29, 1.82) is 0 Å². The predicted molar refractivity (Wildman–Crippen MR) is 105 cm³/mol.